The number of rotatable bonds is 7. The van der Waals surface area contributed by atoms with E-state index < -0.39 is 5.97 Å². The molecule has 0 unspecified atom stereocenters. The quantitative estimate of drug-likeness (QED) is 0.687. The molecule has 0 aliphatic heterocycles. The summed E-state index contributed by atoms with van der Waals surface area (Å²) in [4.78, 5) is 10.3. The largest absolute Gasteiger partial charge is 0.481 e. The van der Waals surface area contributed by atoms with E-state index in [9.17, 15) is 4.79 Å². The lowest BCUT2D eigenvalue weighted by Gasteiger charge is -2.06. The van der Waals surface area contributed by atoms with Crippen molar-refractivity contribution in [2.24, 2.45) is 7.05 Å². The average Bonchev–Trinajstić information content (AvgIpc) is 2.52. The third kappa shape index (κ3) is 3.74. The highest BCUT2D eigenvalue weighted by molar-refractivity contribution is 5.66. The molecule has 2 N–H and O–H groups in total. The predicted molar refractivity (Wildman–Crippen MR) is 63.1 cm³/mol. The minimum absolute atomic E-state index is 0.191. The average molecular weight is 241 g/mol. The van der Waals surface area contributed by atoms with Crippen LogP contribution in [0, 0.1) is 6.92 Å². The van der Waals surface area contributed by atoms with Gasteiger partial charge in [0, 0.05) is 20.0 Å². The molecule has 1 aromatic rings. The minimum atomic E-state index is -0.762. The first-order chi connectivity index (χ1) is 8.06. The van der Waals surface area contributed by atoms with Gasteiger partial charge in [0.25, 0.3) is 0 Å². The van der Waals surface area contributed by atoms with Crippen molar-refractivity contribution in [3.05, 3.63) is 11.3 Å². The Bertz CT molecular complexity index is 388. The number of hydrogen-bond acceptors (Lipinski definition) is 4. The van der Waals surface area contributed by atoms with E-state index in [2.05, 4.69) is 10.4 Å². The molecule has 0 amide bonds. The zero-order valence-electron chi connectivity index (χ0n) is 10.5. The zero-order valence-corrected chi connectivity index (χ0v) is 10.5. The van der Waals surface area contributed by atoms with Crippen LogP contribution in [-0.4, -0.2) is 34.5 Å². The van der Waals surface area contributed by atoms with Gasteiger partial charge < -0.3 is 15.2 Å². The van der Waals surface area contributed by atoms with Crippen molar-refractivity contribution in [2.75, 3.05) is 13.7 Å². The van der Waals surface area contributed by atoms with E-state index in [0.717, 1.165) is 17.1 Å². The number of methoxy groups -OCH3 is 1. The molecule has 0 atom stereocenters. The van der Waals surface area contributed by atoms with Crippen LogP contribution < -0.4 is 10.1 Å². The molecule has 0 spiro atoms. The number of carboxylic acid groups (broad SMARTS) is 1. The lowest BCUT2D eigenvalue weighted by molar-refractivity contribution is -0.137. The molecule has 1 aromatic heterocycles. The van der Waals surface area contributed by atoms with Gasteiger partial charge in [0.1, 0.15) is 0 Å². The SMILES string of the molecule is COc1c(CNCCCC(=O)O)c(C)nn1C. The van der Waals surface area contributed by atoms with Crippen molar-refractivity contribution in [3.8, 4) is 5.88 Å². The lowest BCUT2D eigenvalue weighted by atomic mass is 10.2. The molecule has 1 heterocycles. The van der Waals surface area contributed by atoms with E-state index in [0.29, 0.717) is 19.5 Å². The van der Waals surface area contributed by atoms with Crippen molar-refractivity contribution in [3.63, 3.8) is 0 Å². The fourth-order valence-corrected chi connectivity index (χ4v) is 1.72. The maximum Gasteiger partial charge on any atom is 0.303 e. The molecule has 0 aliphatic rings. The highest BCUT2D eigenvalue weighted by atomic mass is 16.5. The summed E-state index contributed by atoms with van der Waals surface area (Å²) in [6.45, 7) is 3.24. The summed E-state index contributed by atoms with van der Waals surface area (Å²) in [6.07, 6.45) is 0.813. The lowest BCUT2D eigenvalue weighted by Crippen LogP contribution is -2.16. The highest BCUT2D eigenvalue weighted by Gasteiger charge is 2.12. The zero-order chi connectivity index (χ0) is 12.8. The van der Waals surface area contributed by atoms with Crippen LogP contribution in [0.4, 0.5) is 0 Å². The molecular formula is C11H19N3O3. The third-order valence-electron chi connectivity index (χ3n) is 2.53. The molecule has 6 heteroatoms. The monoisotopic (exact) mass is 241 g/mol. The summed E-state index contributed by atoms with van der Waals surface area (Å²) >= 11 is 0. The maximum atomic E-state index is 10.3. The first-order valence-corrected chi connectivity index (χ1v) is 5.55. The van der Waals surface area contributed by atoms with Crippen molar-refractivity contribution >= 4 is 5.97 Å². The number of aryl methyl sites for hydroxylation is 2. The predicted octanol–water partition coefficient (Wildman–Crippen LogP) is 0.692. The molecule has 1 rings (SSSR count). The van der Waals surface area contributed by atoms with Gasteiger partial charge in [0.15, 0.2) is 0 Å². The Balaban J connectivity index is 2.43. The van der Waals surface area contributed by atoms with E-state index in [1.54, 1.807) is 11.8 Å². The Hall–Kier alpha value is -1.56. The summed E-state index contributed by atoms with van der Waals surface area (Å²) in [7, 11) is 3.45. The van der Waals surface area contributed by atoms with Crippen LogP contribution in [0.3, 0.4) is 0 Å². The summed E-state index contributed by atoms with van der Waals surface area (Å²) in [5, 5.41) is 16.0. The van der Waals surface area contributed by atoms with Gasteiger partial charge in [-0.05, 0) is 19.9 Å². The van der Waals surface area contributed by atoms with Gasteiger partial charge in [-0.2, -0.15) is 5.10 Å². The number of aromatic nitrogens is 2. The van der Waals surface area contributed by atoms with Gasteiger partial charge in [0.05, 0.1) is 18.4 Å². The third-order valence-corrected chi connectivity index (χ3v) is 2.53. The van der Waals surface area contributed by atoms with Gasteiger partial charge in [-0.15, -0.1) is 0 Å². The van der Waals surface area contributed by atoms with E-state index in [1.807, 2.05) is 14.0 Å². The summed E-state index contributed by atoms with van der Waals surface area (Å²) in [6, 6.07) is 0. The van der Waals surface area contributed by atoms with Crippen LogP contribution in [0.1, 0.15) is 24.1 Å². The van der Waals surface area contributed by atoms with Crippen molar-refractivity contribution in [1.29, 1.82) is 0 Å². The van der Waals surface area contributed by atoms with Crippen molar-refractivity contribution < 1.29 is 14.6 Å². The Morgan fingerprint density at radius 3 is 2.88 bits per heavy atom. The van der Waals surface area contributed by atoms with Crippen LogP contribution in [0.15, 0.2) is 0 Å². The van der Waals surface area contributed by atoms with Crippen LogP contribution >= 0.6 is 0 Å². The van der Waals surface area contributed by atoms with Crippen molar-refractivity contribution in [1.82, 2.24) is 15.1 Å². The minimum Gasteiger partial charge on any atom is -0.481 e. The van der Waals surface area contributed by atoms with Crippen molar-refractivity contribution in [2.45, 2.75) is 26.3 Å². The van der Waals surface area contributed by atoms with E-state index in [4.69, 9.17) is 9.84 Å². The Labute approximate surface area is 101 Å². The molecular weight excluding hydrogens is 222 g/mol. The number of nitrogens with one attached hydrogen (secondary N) is 1. The number of hydrogen-bond donors (Lipinski definition) is 2. The van der Waals surface area contributed by atoms with Crippen LogP contribution in [-0.2, 0) is 18.4 Å². The summed E-state index contributed by atoms with van der Waals surface area (Å²) < 4.78 is 6.96. The topological polar surface area (TPSA) is 76.4 Å². The van der Waals surface area contributed by atoms with Gasteiger partial charge in [-0.1, -0.05) is 0 Å². The Morgan fingerprint density at radius 1 is 1.59 bits per heavy atom. The summed E-state index contributed by atoms with van der Waals surface area (Å²) in [5.41, 5.74) is 1.94. The van der Waals surface area contributed by atoms with Crippen LogP contribution in [0.5, 0.6) is 5.88 Å². The first kappa shape index (κ1) is 13.5. The van der Waals surface area contributed by atoms with E-state index in [-0.39, 0.29) is 6.42 Å². The van der Waals surface area contributed by atoms with E-state index in [1.165, 1.54) is 0 Å². The Kier molecular flexibility index (Phi) is 4.96. The van der Waals surface area contributed by atoms with Crippen LogP contribution in [0.2, 0.25) is 0 Å². The second-order valence-electron chi connectivity index (χ2n) is 3.87. The molecule has 0 saturated carbocycles. The summed E-state index contributed by atoms with van der Waals surface area (Å²) in [5.74, 6) is -0.0184. The second-order valence-corrected chi connectivity index (χ2v) is 3.87. The van der Waals surface area contributed by atoms with Gasteiger partial charge in [-0.25, -0.2) is 4.68 Å². The highest BCUT2D eigenvalue weighted by Crippen LogP contribution is 2.20. The van der Waals surface area contributed by atoms with E-state index >= 15 is 0 Å². The molecule has 0 radical (unpaired) electrons. The maximum absolute atomic E-state index is 10.3. The number of aliphatic carboxylic acids is 1. The molecule has 0 bridgehead atoms. The fourth-order valence-electron chi connectivity index (χ4n) is 1.72. The molecule has 96 valence electrons. The molecule has 0 fully saturated rings. The molecule has 6 nitrogen and oxygen atoms in total. The first-order valence-electron chi connectivity index (χ1n) is 5.55. The standard InChI is InChI=1S/C11H19N3O3/c1-8-9(11(17-3)14(2)13-8)7-12-6-4-5-10(15)16/h12H,4-7H2,1-3H3,(H,15,16). The fraction of sp³-hybridized carbons (Fsp3) is 0.636. The second kappa shape index (κ2) is 6.24. The molecule has 0 aliphatic carbocycles. The molecule has 0 saturated heterocycles. The van der Waals surface area contributed by atoms with Gasteiger partial charge in [-0.3, -0.25) is 4.79 Å². The number of carbonyl (C=O) groups is 1. The number of nitrogens with zero attached hydrogens (tertiary/aromatic N) is 2. The van der Waals surface area contributed by atoms with Gasteiger partial charge in [0.2, 0.25) is 5.88 Å². The van der Waals surface area contributed by atoms with Crippen LogP contribution in [0.25, 0.3) is 0 Å². The molecule has 17 heavy (non-hydrogen) atoms. The number of ether oxygens (including phenoxy) is 1. The smallest absolute Gasteiger partial charge is 0.303 e. The normalized spacial score (nSPS) is 10.5. The van der Waals surface area contributed by atoms with Gasteiger partial charge >= 0.3 is 5.97 Å². The Morgan fingerprint density at radius 2 is 2.29 bits per heavy atom. The molecule has 0 aromatic carbocycles. The number of carboxylic acids is 1.